The van der Waals surface area contributed by atoms with Gasteiger partial charge in [0.15, 0.2) is 0 Å². The maximum atomic E-state index is 5.37. The number of nitrogens with zero attached hydrogens (tertiary/aromatic N) is 1. The maximum absolute atomic E-state index is 5.37. The molecule has 1 saturated heterocycles. The Balaban J connectivity index is 1.94. The summed E-state index contributed by atoms with van der Waals surface area (Å²) in [5, 5.41) is 3.57. The van der Waals surface area contributed by atoms with E-state index in [0.717, 1.165) is 32.7 Å². The minimum absolute atomic E-state index is 0.530. The fraction of sp³-hybridized carbons (Fsp3) is 0.571. The van der Waals surface area contributed by atoms with E-state index in [-0.39, 0.29) is 0 Å². The van der Waals surface area contributed by atoms with Crippen LogP contribution in [0, 0.1) is 0 Å². The van der Waals surface area contributed by atoms with Crippen LogP contribution in [0.5, 0.6) is 0 Å². The van der Waals surface area contributed by atoms with Crippen LogP contribution in [-0.4, -0.2) is 38.3 Å². The van der Waals surface area contributed by atoms with E-state index in [4.69, 9.17) is 4.74 Å². The molecule has 3 nitrogen and oxygen atoms in total. The second-order valence-corrected chi connectivity index (χ2v) is 4.95. The lowest BCUT2D eigenvalue weighted by Crippen LogP contribution is -2.29. The van der Waals surface area contributed by atoms with Crippen molar-refractivity contribution in [1.29, 1.82) is 0 Å². The highest BCUT2D eigenvalue weighted by molar-refractivity contribution is 5.27. The van der Waals surface area contributed by atoms with Crippen LogP contribution < -0.4 is 5.32 Å². The molecule has 0 spiro atoms. The molecule has 1 atom stereocenters. The maximum Gasteiger partial charge on any atom is 0.0620 e. The molecule has 17 heavy (non-hydrogen) atoms. The molecule has 0 saturated carbocycles. The third-order valence-corrected chi connectivity index (χ3v) is 3.12. The van der Waals surface area contributed by atoms with Crippen LogP contribution >= 0.6 is 0 Å². The van der Waals surface area contributed by atoms with E-state index in [9.17, 15) is 0 Å². The summed E-state index contributed by atoms with van der Waals surface area (Å²) in [6.45, 7) is 3.70. The fourth-order valence-corrected chi connectivity index (χ4v) is 2.17. The van der Waals surface area contributed by atoms with Crippen molar-refractivity contribution in [3.05, 3.63) is 35.4 Å². The van der Waals surface area contributed by atoms with Gasteiger partial charge in [0.2, 0.25) is 0 Å². The van der Waals surface area contributed by atoms with Crippen LogP contribution in [0.1, 0.15) is 17.5 Å². The highest BCUT2D eigenvalue weighted by atomic mass is 16.5. The van der Waals surface area contributed by atoms with Crippen molar-refractivity contribution < 1.29 is 4.74 Å². The lowest BCUT2D eigenvalue weighted by atomic mass is 10.1. The van der Waals surface area contributed by atoms with Gasteiger partial charge >= 0.3 is 0 Å². The first-order chi connectivity index (χ1) is 8.25. The number of hydrogen-bond donors (Lipinski definition) is 1. The quantitative estimate of drug-likeness (QED) is 0.838. The van der Waals surface area contributed by atoms with Crippen LogP contribution in [0.2, 0.25) is 0 Å². The third-order valence-electron chi connectivity index (χ3n) is 3.12. The Morgan fingerprint density at radius 3 is 2.71 bits per heavy atom. The van der Waals surface area contributed by atoms with E-state index < -0.39 is 0 Å². The zero-order chi connectivity index (χ0) is 12.1. The Kier molecular flexibility index (Phi) is 4.54. The van der Waals surface area contributed by atoms with Gasteiger partial charge in [-0.05, 0) is 31.6 Å². The molecular weight excluding hydrogens is 212 g/mol. The van der Waals surface area contributed by atoms with Gasteiger partial charge < -0.3 is 15.0 Å². The summed E-state index contributed by atoms with van der Waals surface area (Å²) in [4.78, 5) is 2.21. The van der Waals surface area contributed by atoms with Gasteiger partial charge in [-0.15, -0.1) is 0 Å². The van der Waals surface area contributed by atoms with Gasteiger partial charge in [0.1, 0.15) is 0 Å². The average Bonchev–Trinajstić information content (AvgIpc) is 2.80. The molecule has 0 bridgehead atoms. The summed E-state index contributed by atoms with van der Waals surface area (Å²) in [6.07, 6.45) is 1.13. The Bertz CT molecular complexity index is 346. The first-order valence-corrected chi connectivity index (χ1v) is 6.28. The van der Waals surface area contributed by atoms with Gasteiger partial charge in [-0.2, -0.15) is 0 Å². The minimum atomic E-state index is 0.530. The van der Waals surface area contributed by atoms with E-state index in [0.29, 0.717) is 6.04 Å². The Morgan fingerprint density at radius 2 is 2.06 bits per heavy atom. The molecular formula is C14H22N2O. The molecule has 1 aromatic rings. The number of ether oxygens (including phenoxy) is 1. The summed E-state index contributed by atoms with van der Waals surface area (Å²) in [6, 6.07) is 9.17. The molecule has 1 aliphatic rings. The first kappa shape index (κ1) is 12.6. The normalized spacial score (nSPS) is 20.1. The smallest absolute Gasteiger partial charge is 0.0620 e. The predicted octanol–water partition coefficient (Wildman–Crippen LogP) is 1.63. The molecule has 0 amide bonds. The highest BCUT2D eigenvalue weighted by Crippen LogP contribution is 2.12. The summed E-state index contributed by atoms with van der Waals surface area (Å²) >= 11 is 0. The van der Waals surface area contributed by atoms with Gasteiger partial charge in [0, 0.05) is 25.7 Å². The molecule has 1 aromatic carbocycles. The lowest BCUT2D eigenvalue weighted by Gasteiger charge is -2.16. The third kappa shape index (κ3) is 3.80. The second-order valence-electron chi connectivity index (χ2n) is 4.95. The van der Waals surface area contributed by atoms with Crippen molar-refractivity contribution in [2.75, 3.05) is 27.3 Å². The Hall–Kier alpha value is -0.900. The van der Waals surface area contributed by atoms with Crippen molar-refractivity contribution >= 4 is 0 Å². The van der Waals surface area contributed by atoms with E-state index in [1.54, 1.807) is 0 Å². The molecule has 1 fully saturated rings. The Labute approximate surface area is 104 Å². The highest BCUT2D eigenvalue weighted by Gasteiger charge is 2.14. The lowest BCUT2D eigenvalue weighted by molar-refractivity contribution is 0.190. The minimum Gasteiger partial charge on any atom is -0.380 e. The van der Waals surface area contributed by atoms with E-state index in [1.165, 1.54) is 11.1 Å². The largest absolute Gasteiger partial charge is 0.380 e. The van der Waals surface area contributed by atoms with Gasteiger partial charge in [-0.25, -0.2) is 0 Å². The van der Waals surface area contributed by atoms with Crippen LogP contribution in [0.4, 0.5) is 0 Å². The van der Waals surface area contributed by atoms with Gasteiger partial charge in [-0.3, -0.25) is 0 Å². The molecule has 1 unspecified atom stereocenters. The van der Waals surface area contributed by atoms with Gasteiger partial charge in [0.05, 0.1) is 6.61 Å². The number of rotatable bonds is 5. The molecule has 94 valence electrons. The molecule has 3 heteroatoms. The van der Waals surface area contributed by atoms with Crippen molar-refractivity contribution in [2.24, 2.45) is 0 Å². The van der Waals surface area contributed by atoms with Crippen LogP contribution in [0.3, 0.4) is 0 Å². The molecule has 0 aromatic heterocycles. The summed E-state index contributed by atoms with van der Waals surface area (Å²) < 4.78 is 5.37. The second kappa shape index (κ2) is 6.15. The summed E-state index contributed by atoms with van der Waals surface area (Å²) in [5.74, 6) is 0. The molecule has 1 heterocycles. The first-order valence-electron chi connectivity index (χ1n) is 6.28. The van der Waals surface area contributed by atoms with E-state index in [2.05, 4.69) is 48.6 Å². The van der Waals surface area contributed by atoms with E-state index in [1.807, 2.05) is 0 Å². The number of hydrogen-bond acceptors (Lipinski definition) is 3. The molecule has 1 aliphatic heterocycles. The van der Waals surface area contributed by atoms with Crippen LogP contribution in [0.25, 0.3) is 0 Å². The fourth-order valence-electron chi connectivity index (χ4n) is 2.17. The van der Waals surface area contributed by atoms with Crippen molar-refractivity contribution in [2.45, 2.75) is 25.6 Å². The summed E-state index contributed by atoms with van der Waals surface area (Å²) in [5.41, 5.74) is 2.80. The molecule has 2 rings (SSSR count). The number of benzene rings is 1. The zero-order valence-electron chi connectivity index (χ0n) is 10.8. The van der Waals surface area contributed by atoms with Crippen molar-refractivity contribution in [3.8, 4) is 0 Å². The number of nitrogens with one attached hydrogen (secondary N) is 1. The Morgan fingerprint density at radius 1 is 1.29 bits per heavy atom. The standard InChI is InChI=1S/C14H22N2O/c1-16(2)10-13-6-4-3-5-12(13)9-15-14-7-8-17-11-14/h3-6,14-15H,7-11H2,1-2H3. The van der Waals surface area contributed by atoms with E-state index >= 15 is 0 Å². The monoisotopic (exact) mass is 234 g/mol. The molecule has 0 radical (unpaired) electrons. The SMILES string of the molecule is CN(C)Cc1ccccc1CNC1CCOC1. The van der Waals surface area contributed by atoms with Crippen LogP contribution in [-0.2, 0) is 17.8 Å². The summed E-state index contributed by atoms with van der Waals surface area (Å²) in [7, 11) is 4.21. The topological polar surface area (TPSA) is 24.5 Å². The molecule has 0 aliphatic carbocycles. The van der Waals surface area contributed by atoms with Crippen molar-refractivity contribution in [3.63, 3.8) is 0 Å². The van der Waals surface area contributed by atoms with Crippen LogP contribution in [0.15, 0.2) is 24.3 Å². The zero-order valence-corrected chi connectivity index (χ0v) is 10.8. The van der Waals surface area contributed by atoms with Gasteiger partial charge in [0.25, 0.3) is 0 Å². The predicted molar refractivity (Wildman–Crippen MR) is 69.9 cm³/mol. The average molecular weight is 234 g/mol. The van der Waals surface area contributed by atoms with Gasteiger partial charge in [-0.1, -0.05) is 24.3 Å². The molecule has 1 N–H and O–H groups in total. The van der Waals surface area contributed by atoms with Crippen molar-refractivity contribution in [1.82, 2.24) is 10.2 Å².